The molecule has 0 radical (unpaired) electrons. The standard InChI is InChI=1S/C44H50N2O10/c1-43(2,3)55-39(50)20-19-33(27-47)46-38(49)21-22-45-41(51)32-23-36(40-37(24-32)54-44(56-40)25-30-13-4-5-14-31(30)26-44)53-42(52)34-17-8-6-11-28(34)15-10-16-29-12-7-9-18-35(29)48/h4-15,17-18,24,33,36-37,40,47-48H,16,19-23,25-27H2,1-3H3,(H,45,51)(H,46,49). The highest BCUT2D eigenvalue weighted by Crippen LogP contribution is 2.45. The van der Waals surface area contributed by atoms with Crippen LogP contribution >= 0.6 is 0 Å². The zero-order valence-electron chi connectivity index (χ0n) is 32.0. The Balaban J connectivity index is 1.11. The van der Waals surface area contributed by atoms with Crippen LogP contribution in [0.5, 0.6) is 5.75 Å². The van der Waals surface area contributed by atoms with E-state index in [2.05, 4.69) is 10.6 Å². The van der Waals surface area contributed by atoms with Crippen LogP contribution in [0.2, 0.25) is 0 Å². The number of phenols is 1. The summed E-state index contributed by atoms with van der Waals surface area (Å²) in [5.41, 5.74) is 3.63. The van der Waals surface area contributed by atoms with E-state index in [1.54, 1.807) is 57.2 Å². The van der Waals surface area contributed by atoms with E-state index in [0.717, 1.165) is 16.7 Å². The second-order valence-electron chi connectivity index (χ2n) is 15.4. The van der Waals surface area contributed by atoms with Crippen molar-refractivity contribution in [1.29, 1.82) is 0 Å². The van der Waals surface area contributed by atoms with Crippen molar-refractivity contribution in [2.45, 2.75) is 101 Å². The van der Waals surface area contributed by atoms with Gasteiger partial charge in [0.05, 0.1) is 18.2 Å². The molecule has 2 amide bonds. The van der Waals surface area contributed by atoms with E-state index in [1.165, 1.54) is 0 Å². The topological polar surface area (TPSA) is 170 Å². The van der Waals surface area contributed by atoms with E-state index in [1.807, 2.05) is 54.6 Å². The molecule has 1 fully saturated rings. The third-order valence-electron chi connectivity index (χ3n) is 9.91. The Morgan fingerprint density at radius 3 is 2.36 bits per heavy atom. The Hall–Kier alpha value is -5.30. The minimum atomic E-state index is -0.972. The minimum Gasteiger partial charge on any atom is -0.508 e. The van der Waals surface area contributed by atoms with Gasteiger partial charge in [0.1, 0.15) is 29.7 Å². The molecule has 2 aliphatic carbocycles. The van der Waals surface area contributed by atoms with Crippen molar-refractivity contribution < 1.29 is 48.3 Å². The molecule has 1 aliphatic heterocycles. The lowest BCUT2D eigenvalue weighted by molar-refractivity contribution is -0.172. The van der Waals surface area contributed by atoms with Crippen LogP contribution in [0.15, 0.2) is 90.5 Å². The number of nitrogens with one attached hydrogen (secondary N) is 2. The van der Waals surface area contributed by atoms with Crippen molar-refractivity contribution in [3.63, 3.8) is 0 Å². The zero-order chi connectivity index (χ0) is 39.9. The number of hydrogen-bond donors (Lipinski definition) is 4. The van der Waals surface area contributed by atoms with Gasteiger partial charge in [0.2, 0.25) is 11.8 Å². The van der Waals surface area contributed by atoms with Crippen molar-refractivity contribution in [2.75, 3.05) is 13.2 Å². The van der Waals surface area contributed by atoms with Gasteiger partial charge in [-0.15, -0.1) is 0 Å². The van der Waals surface area contributed by atoms with Gasteiger partial charge in [-0.3, -0.25) is 14.4 Å². The molecule has 56 heavy (non-hydrogen) atoms. The van der Waals surface area contributed by atoms with E-state index >= 15 is 0 Å². The van der Waals surface area contributed by atoms with E-state index in [9.17, 15) is 29.4 Å². The first kappa shape index (κ1) is 40.4. The van der Waals surface area contributed by atoms with Crippen LogP contribution in [-0.2, 0) is 52.6 Å². The molecule has 4 N–H and O–H groups in total. The second-order valence-corrected chi connectivity index (χ2v) is 15.4. The van der Waals surface area contributed by atoms with E-state index in [-0.39, 0.29) is 44.6 Å². The quantitative estimate of drug-likeness (QED) is 0.166. The van der Waals surface area contributed by atoms with Crippen LogP contribution in [0.25, 0.3) is 6.08 Å². The van der Waals surface area contributed by atoms with Gasteiger partial charge in [-0.05, 0) is 74.1 Å². The number of fused-ring (bicyclic) bond motifs is 2. The summed E-state index contributed by atoms with van der Waals surface area (Å²) >= 11 is 0. The number of aliphatic hydroxyl groups is 1. The molecule has 12 heteroatoms. The number of phenolic OH excluding ortho intramolecular Hbond substituents is 1. The van der Waals surface area contributed by atoms with E-state index in [4.69, 9.17) is 18.9 Å². The van der Waals surface area contributed by atoms with Gasteiger partial charge < -0.3 is 39.8 Å². The van der Waals surface area contributed by atoms with Gasteiger partial charge in [0.25, 0.3) is 0 Å². The monoisotopic (exact) mass is 766 g/mol. The van der Waals surface area contributed by atoms with Crippen molar-refractivity contribution >= 4 is 29.8 Å². The number of allylic oxidation sites excluding steroid dienone is 1. The molecular weight excluding hydrogens is 716 g/mol. The third kappa shape index (κ3) is 10.3. The maximum absolute atomic E-state index is 13.9. The number of carbonyl (C=O) groups excluding carboxylic acids is 4. The summed E-state index contributed by atoms with van der Waals surface area (Å²) in [4.78, 5) is 52.3. The molecule has 0 aromatic heterocycles. The van der Waals surface area contributed by atoms with Gasteiger partial charge >= 0.3 is 11.9 Å². The lowest BCUT2D eigenvalue weighted by Gasteiger charge is -2.30. The smallest absolute Gasteiger partial charge is 0.339 e. The number of aromatic hydroxyl groups is 1. The summed E-state index contributed by atoms with van der Waals surface area (Å²) in [6.45, 7) is 4.94. The Morgan fingerprint density at radius 2 is 1.64 bits per heavy atom. The number of benzene rings is 3. The zero-order valence-corrected chi connectivity index (χ0v) is 32.0. The number of hydrogen-bond acceptors (Lipinski definition) is 10. The first-order valence-electron chi connectivity index (χ1n) is 19.1. The van der Waals surface area contributed by atoms with Gasteiger partial charge in [-0.25, -0.2) is 4.79 Å². The summed E-state index contributed by atoms with van der Waals surface area (Å²) in [6.07, 6.45) is 4.89. The number of amides is 2. The van der Waals surface area contributed by atoms with Crippen molar-refractivity contribution in [1.82, 2.24) is 10.6 Å². The molecule has 0 bridgehead atoms. The maximum atomic E-state index is 13.9. The number of ether oxygens (including phenoxy) is 4. The summed E-state index contributed by atoms with van der Waals surface area (Å²) in [6, 6.07) is 21.5. The maximum Gasteiger partial charge on any atom is 0.339 e. The van der Waals surface area contributed by atoms with Crippen LogP contribution in [0.3, 0.4) is 0 Å². The predicted molar refractivity (Wildman–Crippen MR) is 207 cm³/mol. The largest absolute Gasteiger partial charge is 0.508 e. The molecule has 3 aromatic carbocycles. The summed E-state index contributed by atoms with van der Waals surface area (Å²) in [7, 11) is 0. The van der Waals surface area contributed by atoms with Crippen LogP contribution < -0.4 is 10.6 Å². The average molecular weight is 767 g/mol. The molecular formula is C44H50N2O10. The Kier molecular flexibility index (Phi) is 12.7. The second kappa shape index (κ2) is 17.7. The SMILES string of the molecule is CC(C)(C)OC(=O)CCC(CO)NC(=O)CCNC(=O)C1=CC2OC3(Cc4ccccc4C3)OC2C(OC(=O)c2ccccc2C=CCc2ccccc2O)C1. The first-order chi connectivity index (χ1) is 26.8. The number of para-hydroxylation sites is 1. The van der Waals surface area contributed by atoms with Gasteiger partial charge in [-0.1, -0.05) is 72.8 Å². The normalized spacial score (nSPS) is 20.1. The highest BCUT2D eigenvalue weighted by molar-refractivity contribution is 5.95. The van der Waals surface area contributed by atoms with Crippen molar-refractivity contribution in [3.05, 3.63) is 118 Å². The number of carbonyl (C=O) groups is 4. The molecule has 3 aliphatic rings. The molecule has 3 aromatic rings. The molecule has 0 saturated carbocycles. The Bertz CT molecular complexity index is 1960. The molecule has 4 unspecified atom stereocenters. The lowest BCUT2D eigenvalue weighted by atomic mass is 9.91. The first-order valence-corrected chi connectivity index (χ1v) is 19.1. The Labute approximate surface area is 326 Å². The number of esters is 2. The molecule has 12 nitrogen and oxygen atoms in total. The van der Waals surface area contributed by atoms with Crippen molar-refractivity contribution in [3.8, 4) is 5.75 Å². The molecule has 1 saturated heterocycles. The fourth-order valence-corrected chi connectivity index (χ4v) is 7.28. The molecule has 1 heterocycles. The lowest BCUT2D eigenvalue weighted by Crippen LogP contribution is -2.44. The van der Waals surface area contributed by atoms with Crippen LogP contribution in [0.4, 0.5) is 0 Å². The van der Waals surface area contributed by atoms with Crippen LogP contribution in [-0.4, -0.2) is 82.9 Å². The van der Waals surface area contributed by atoms with Crippen LogP contribution in [0, 0.1) is 0 Å². The number of aliphatic hydroxyl groups excluding tert-OH is 1. The highest BCUT2D eigenvalue weighted by atomic mass is 16.8. The average Bonchev–Trinajstić information content (AvgIpc) is 3.71. The molecule has 6 rings (SSSR count). The summed E-state index contributed by atoms with van der Waals surface area (Å²) < 4.78 is 24.7. The fourth-order valence-electron chi connectivity index (χ4n) is 7.28. The van der Waals surface area contributed by atoms with E-state index in [0.29, 0.717) is 36.0 Å². The molecule has 1 spiro atoms. The van der Waals surface area contributed by atoms with Gasteiger partial charge in [0, 0.05) is 44.2 Å². The Morgan fingerprint density at radius 1 is 0.946 bits per heavy atom. The molecule has 4 atom stereocenters. The third-order valence-corrected chi connectivity index (χ3v) is 9.91. The van der Waals surface area contributed by atoms with Crippen LogP contribution in [0.1, 0.15) is 79.1 Å². The van der Waals surface area contributed by atoms with E-state index < -0.39 is 59.5 Å². The van der Waals surface area contributed by atoms with Gasteiger partial charge in [0.15, 0.2) is 5.79 Å². The van der Waals surface area contributed by atoms with Crippen molar-refractivity contribution in [2.24, 2.45) is 0 Å². The van der Waals surface area contributed by atoms with Gasteiger partial charge in [-0.2, -0.15) is 0 Å². The summed E-state index contributed by atoms with van der Waals surface area (Å²) in [5.74, 6) is -2.63. The predicted octanol–water partition coefficient (Wildman–Crippen LogP) is 4.89. The fraction of sp³-hybridized carbons (Fsp3) is 0.409. The highest BCUT2D eigenvalue weighted by Gasteiger charge is 2.55. The summed E-state index contributed by atoms with van der Waals surface area (Å²) in [5, 5.41) is 25.4. The number of rotatable bonds is 14. The molecule has 296 valence electrons. The minimum absolute atomic E-state index is 0.00183.